The smallest absolute Gasteiger partial charge is 0.181 e. The van der Waals surface area contributed by atoms with Crippen molar-refractivity contribution in [1.29, 1.82) is 0 Å². The Morgan fingerprint density at radius 3 is 3.12 bits per heavy atom. The molecule has 4 nitrogen and oxygen atoms in total. The van der Waals surface area contributed by atoms with Crippen LogP contribution in [0.1, 0.15) is 5.82 Å². The molecule has 2 aromatic heterocycles. The van der Waals surface area contributed by atoms with Crippen molar-refractivity contribution in [3.05, 3.63) is 36.6 Å². The van der Waals surface area contributed by atoms with Gasteiger partial charge in [-0.15, -0.1) is 0 Å². The number of hydrogen-bond acceptors (Lipinski definition) is 4. The fourth-order valence-electron chi connectivity index (χ4n) is 1.76. The number of hydrogen-bond donors (Lipinski definition) is 2. The number of aryl methyl sites for hydroxylation is 1. The van der Waals surface area contributed by atoms with Gasteiger partial charge in [0.15, 0.2) is 12.0 Å². The van der Waals surface area contributed by atoms with E-state index in [1.54, 1.807) is 0 Å². The minimum atomic E-state index is 0.785. The van der Waals surface area contributed by atoms with Crippen molar-refractivity contribution < 1.29 is 4.42 Å². The summed E-state index contributed by atoms with van der Waals surface area (Å²) in [5, 5.41) is 0. The van der Waals surface area contributed by atoms with Gasteiger partial charge in [0.05, 0.1) is 11.9 Å². The lowest BCUT2D eigenvalue weighted by molar-refractivity contribution is 0.602. The van der Waals surface area contributed by atoms with Gasteiger partial charge in [-0.05, 0) is 17.9 Å². The molecule has 86 valence electrons. The van der Waals surface area contributed by atoms with Crippen LogP contribution in [0.3, 0.4) is 0 Å². The van der Waals surface area contributed by atoms with Crippen LogP contribution < -0.4 is 0 Å². The Balaban J connectivity index is 2.00. The van der Waals surface area contributed by atoms with Crippen molar-refractivity contribution in [2.24, 2.45) is 0 Å². The molecule has 0 saturated carbocycles. The van der Waals surface area contributed by atoms with Gasteiger partial charge in [-0.2, -0.15) is 12.6 Å². The molecule has 0 aliphatic carbocycles. The van der Waals surface area contributed by atoms with E-state index in [0.29, 0.717) is 0 Å². The highest BCUT2D eigenvalue weighted by Crippen LogP contribution is 2.22. The van der Waals surface area contributed by atoms with Crippen LogP contribution in [0.2, 0.25) is 0 Å². The van der Waals surface area contributed by atoms with Gasteiger partial charge in [-0.25, -0.2) is 9.97 Å². The second kappa shape index (κ2) is 4.25. The van der Waals surface area contributed by atoms with Crippen molar-refractivity contribution in [3.63, 3.8) is 0 Å². The number of aromatic amines is 1. The fourth-order valence-corrected chi connectivity index (χ4v) is 1.98. The number of oxazole rings is 1. The van der Waals surface area contributed by atoms with Crippen LogP contribution in [0.25, 0.3) is 22.4 Å². The van der Waals surface area contributed by atoms with Crippen molar-refractivity contribution in [2.45, 2.75) is 6.42 Å². The van der Waals surface area contributed by atoms with Gasteiger partial charge in [-0.1, -0.05) is 6.07 Å². The van der Waals surface area contributed by atoms with E-state index in [2.05, 4.69) is 27.6 Å². The van der Waals surface area contributed by atoms with Crippen LogP contribution in [-0.2, 0) is 6.42 Å². The molecule has 0 aliphatic rings. The molecule has 0 spiro atoms. The molecular formula is C12H11N3OS. The van der Waals surface area contributed by atoms with E-state index >= 15 is 0 Å². The van der Waals surface area contributed by atoms with Crippen molar-refractivity contribution in [2.75, 3.05) is 5.75 Å². The normalized spacial score (nSPS) is 11.1. The maximum absolute atomic E-state index is 5.28. The summed E-state index contributed by atoms with van der Waals surface area (Å²) in [6, 6.07) is 5.90. The molecule has 0 aliphatic heterocycles. The molecule has 0 amide bonds. The fraction of sp³-hybridized carbons (Fsp3) is 0.167. The van der Waals surface area contributed by atoms with E-state index in [9.17, 15) is 0 Å². The number of nitrogens with zero attached hydrogens (tertiary/aromatic N) is 2. The summed E-state index contributed by atoms with van der Waals surface area (Å²) >= 11 is 4.19. The minimum Gasteiger partial charge on any atom is -0.443 e. The van der Waals surface area contributed by atoms with Gasteiger partial charge in [0.25, 0.3) is 0 Å². The number of nitrogens with one attached hydrogen (secondary N) is 1. The Kier molecular flexibility index (Phi) is 2.60. The van der Waals surface area contributed by atoms with Crippen molar-refractivity contribution >= 4 is 23.7 Å². The molecule has 2 heterocycles. The van der Waals surface area contributed by atoms with Gasteiger partial charge in [0.1, 0.15) is 11.3 Å². The van der Waals surface area contributed by atoms with Gasteiger partial charge >= 0.3 is 0 Å². The zero-order valence-electron chi connectivity index (χ0n) is 9.05. The number of benzene rings is 1. The lowest BCUT2D eigenvalue weighted by atomic mass is 10.1. The van der Waals surface area contributed by atoms with Crippen molar-refractivity contribution in [1.82, 2.24) is 15.0 Å². The molecule has 0 unspecified atom stereocenters. The second-order valence-corrected chi connectivity index (χ2v) is 4.20. The summed E-state index contributed by atoms with van der Waals surface area (Å²) in [6.07, 6.45) is 4.12. The quantitative estimate of drug-likeness (QED) is 0.697. The first-order valence-corrected chi connectivity index (χ1v) is 5.98. The SMILES string of the molecule is SCCc1ncc(-c2ccc3ncoc3c2)[nH]1. The molecule has 3 aromatic rings. The zero-order chi connectivity index (χ0) is 11.7. The predicted molar refractivity (Wildman–Crippen MR) is 69.1 cm³/mol. The first-order valence-electron chi connectivity index (χ1n) is 5.35. The molecule has 0 bridgehead atoms. The molecule has 3 rings (SSSR count). The number of rotatable bonds is 3. The predicted octanol–water partition coefficient (Wildman–Crippen LogP) is 2.69. The summed E-state index contributed by atoms with van der Waals surface area (Å²) in [6.45, 7) is 0. The average Bonchev–Trinajstić information content (AvgIpc) is 2.96. The number of imidazole rings is 1. The third-order valence-corrected chi connectivity index (χ3v) is 2.84. The third kappa shape index (κ3) is 1.93. The van der Waals surface area contributed by atoms with Gasteiger partial charge in [-0.3, -0.25) is 0 Å². The van der Waals surface area contributed by atoms with Crippen LogP contribution in [0.5, 0.6) is 0 Å². The molecule has 5 heteroatoms. The van der Waals surface area contributed by atoms with Crippen molar-refractivity contribution in [3.8, 4) is 11.3 Å². The summed E-state index contributed by atoms with van der Waals surface area (Å²) in [5.41, 5.74) is 3.68. The van der Waals surface area contributed by atoms with E-state index in [0.717, 1.165) is 40.4 Å². The van der Waals surface area contributed by atoms with E-state index < -0.39 is 0 Å². The standard InChI is InChI=1S/C12H11N3OS/c17-4-3-12-13-6-10(15-12)8-1-2-9-11(5-8)16-7-14-9/h1-2,5-7,17H,3-4H2,(H,13,15). The third-order valence-electron chi connectivity index (χ3n) is 2.62. The average molecular weight is 245 g/mol. The van der Waals surface area contributed by atoms with Crippen LogP contribution >= 0.6 is 12.6 Å². The molecular weight excluding hydrogens is 234 g/mol. The van der Waals surface area contributed by atoms with Crippen LogP contribution in [0.15, 0.2) is 35.2 Å². The molecule has 0 fully saturated rings. The Hall–Kier alpha value is -1.75. The maximum atomic E-state index is 5.28. The molecule has 1 N–H and O–H groups in total. The molecule has 0 saturated heterocycles. The summed E-state index contributed by atoms with van der Waals surface area (Å²) < 4.78 is 5.28. The number of aromatic nitrogens is 3. The first kappa shape index (κ1) is 10.4. The molecule has 1 aromatic carbocycles. The van der Waals surface area contributed by atoms with Gasteiger partial charge in [0.2, 0.25) is 0 Å². The van der Waals surface area contributed by atoms with E-state index in [1.165, 1.54) is 6.39 Å². The highest BCUT2D eigenvalue weighted by Gasteiger charge is 2.05. The highest BCUT2D eigenvalue weighted by atomic mass is 32.1. The summed E-state index contributed by atoms with van der Waals surface area (Å²) in [4.78, 5) is 11.7. The highest BCUT2D eigenvalue weighted by molar-refractivity contribution is 7.80. The summed E-state index contributed by atoms with van der Waals surface area (Å²) in [7, 11) is 0. The van der Waals surface area contributed by atoms with Gasteiger partial charge < -0.3 is 9.40 Å². The number of thiol groups is 1. The van der Waals surface area contributed by atoms with E-state index in [4.69, 9.17) is 4.42 Å². The maximum Gasteiger partial charge on any atom is 0.181 e. The summed E-state index contributed by atoms with van der Waals surface area (Å²) in [5.74, 6) is 1.74. The number of H-pyrrole nitrogens is 1. The largest absolute Gasteiger partial charge is 0.443 e. The lowest BCUT2D eigenvalue weighted by Gasteiger charge is -1.96. The van der Waals surface area contributed by atoms with Crippen LogP contribution in [0.4, 0.5) is 0 Å². The van der Waals surface area contributed by atoms with Crippen LogP contribution in [0, 0.1) is 0 Å². The molecule has 0 radical (unpaired) electrons. The molecule has 0 atom stereocenters. The monoisotopic (exact) mass is 245 g/mol. The Morgan fingerprint density at radius 2 is 2.24 bits per heavy atom. The van der Waals surface area contributed by atoms with E-state index in [1.807, 2.05) is 24.4 Å². The second-order valence-electron chi connectivity index (χ2n) is 3.75. The van der Waals surface area contributed by atoms with Crippen LogP contribution in [-0.4, -0.2) is 20.7 Å². The minimum absolute atomic E-state index is 0.785. The Labute approximate surface area is 103 Å². The first-order chi connectivity index (χ1) is 8.36. The molecule has 17 heavy (non-hydrogen) atoms. The Morgan fingerprint density at radius 1 is 1.29 bits per heavy atom. The topological polar surface area (TPSA) is 54.7 Å². The van der Waals surface area contributed by atoms with E-state index in [-0.39, 0.29) is 0 Å². The number of fused-ring (bicyclic) bond motifs is 1. The van der Waals surface area contributed by atoms with Gasteiger partial charge in [0, 0.05) is 12.0 Å². The zero-order valence-corrected chi connectivity index (χ0v) is 9.95. The Bertz CT molecular complexity index is 644. The lowest BCUT2D eigenvalue weighted by Crippen LogP contribution is -1.88.